The summed E-state index contributed by atoms with van der Waals surface area (Å²) in [7, 11) is 0. The van der Waals surface area contributed by atoms with Gasteiger partial charge in [-0.25, -0.2) is 0 Å². The number of benzene rings is 1. The first-order valence-corrected chi connectivity index (χ1v) is 9.47. The van der Waals surface area contributed by atoms with Crippen LogP contribution in [-0.4, -0.2) is 30.4 Å². The van der Waals surface area contributed by atoms with Gasteiger partial charge in [-0.2, -0.15) is 0 Å². The lowest BCUT2D eigenvalue weighted by Gasteiger charge is -2.21. The molecule has 0 bridgehead atoms. The van der Waals surface area contributed by atoms with E-state index in [0.29, 0.717) is 22.8 Å². The van der Waals surface area contributed by atoms with Crippen LogP contribution in [0.1, 0.15) is 40.8 Å². The summed E-state index contributed by atoms with van der Waals surface area (Å²) in [5, 5.41) is 4.48. The van der Waals surface area contributed by atoms with Gasteiger partial charge in [-0.05, 0) is 48.6 Å². The second-order valence-electron chi connectivity index (χ2n) is 6.07. The minimum atomic E-state index is -0.778. The van der Waals surface area contributed by atoms with Crippen LogP contribution in [0.4, 0.5) is 0 Å². The second kappa shape index (κ2) is 9.72. The molecule has 2 aromatic rings. The fourth-order valence-corrected chi connectivity index (χ4v) is 2.92. The van der Waals surface area contributed by atoms with Crippen LogP contribution >= 0.6 is 11.3 Å². The third kappa shape index (κ3) is 5.82. The molecule has 1 aromatic carbocycles. The maximum absolute atomic E-state index is 12.4. The topological polar surface area (TPSA) is 96.5 Å². The molecule has 27 heavy (non-hydrogen) atoms. The molecule has 2 rings (SSSR count). The van der Waals surface area contributed by atoms with E-state index in [4.69, 9.17) is 4.74 Å². The first-order valence-electron chi connectivity index (χ1n) is 8.59. The summed E-state index contributed by atoms with van der Waals surface area (Å²) in [6.45, 7) is 6.04. The number of carbonyl (C=O) groups excluding carboxylic acids is 3. The Morgan fingerprint density at radius 3 is 2.30 bits per heavy atom. The molecule has 144 valence electrons. The van der Waals surface area contributed by atoms with Crippen molar-refractivity contribution in [3.8, 4) is 5.75 Å². The van der Waals surface area contributed by atoms with E-state index in [1.54, 1.807) is 41.8 Å². The molecule has 0 aliphatic heterocycles. The predicted molar refractivity (Wildman–Crippen MR) is 104 cm³/mol. The highest BCUT2D eigenvalue weighted by molar-refractivity contribution is 7.12. The summed E-state index contributed by atoms with van der Waals surface area (Å²) in [5.74, 6) is -0.769. The lowest BCUT2D eigenvalue weighted by atomic mass is 10.0. The third-order valence-electron chi connectivity index (χ3n) is 3.71. The largest absolute Gasteiger partial charge is 0.494 e. The fraction of sp³-hybridized carbons (Fsp3) is 0.316. The average Bonchev–Trinajstić information content (AvgIpc) is 3.19. The molecular formula is C19H23N3O4S. The second-order valence-corrected chi connectivity index (χ2v) is 7.02. The number of amides is 3. The molecule has 1 atom stereocenters. The third-order valence-corrected chi connectivity index (χ3v) is 4.58. The summed E-state index contributed by atoms with van der Waals surface area (Å²) in [6, 6.07) is 9.23. The van der Waals surface area contributed by atoms with Crippen molar-refractivity contribution >= 4 is 29.1 Å². The molecule has 0 radical (unpaired) electrons. The van der Waals surface area contributed by atoms with Crippen molar-refractivity contribution < 1.29 is 19.1 Å². The van der Waals surface area contributed by atoms with Crippen LogP contribution in [0.2, 0.25) is 0 Å². The molecular weight excluding hydrogens is 366 g/mol. The van der Waals surface area contributed by atoms with Gasteiger partial charge in [-0.15, -0.1) is 11.3 Å². The number of hydrazine groups is 1. The normalized spacial score (nSPS) is 11.6. The Labute approximate surface area is 162 Å². The molecule has 0 fully saturated rings. The van der Waals surface area contributed by atoms with Crippen molar-refractivity contribution in [2.75, 3.05) is 6.61 Å². The standard InChI is InChI=1S/C19H23N3O4S/c1-4-26-14-9-7-13(8-10-14)17(23)21-22-19(25)16(12(2)3)20-18(24)15-6-5-11-27-15/h5-12,16H,4H2,1-3H3,(H,20,24)(H,21,23)(H,22,25)/t16-/m0/s1. The first kappa shape index (κ1) is 20.4. The van der Waals surface area contributed by atoms with E-state index < -0.39 is 17.9 Å². The van der Waals surface area contributed by atoms with Gasteiger partial charge < -0.3 is 10.1 Å². The van der Waals surface area contributed by atoms with Crippen molar-refractivity contribution in [3.05, 3.63) is 52.2 Å². The van der Waals surface area contributed by atoms with Gasteiger partial charge in [0.1, 0.15) is 11.8 Å². The lowest BCUT2D eigenvalue weighted by Crippen LogP contribution is -2.54. The molecule has 8 heteroatoms. The van der Waals surface area contributed by atoms with Crippen molar-refractivity contribution in [1.29, 1.82) is 0 Å². The number of rotatable bonds is 7. The number of nitrogens with one attached hydrogen (secondary N) is 3. The van der Waals surface area contributed by atoms with Gasteiger partial charge in [0.15, 0.2) is 0 Å². The Kier molecular flexibility index (Phi) is 7.36. The van der Waals surface area contributed by atoms with Crippen LogP contribution < -0.4 is 20.9 Å². The Bertz CT molecular complexity index is 773. The van der Waals surface area contributed by atoms with Crippen molar-refractivity contribution in [3.63, 3.8) is 0 Å². The van der Waals surface area contributed by atoms with Gasteiger partial charge >= 0.3 is 0 Å². The van der Waals surface area contributed by atoms with Gasteiger partial charge in [0.25, 0.3) is 17.7 Å². The van der Waals surface area contributed by atoms with Crippen LogP contribution in [0.25, 0.3) is 0 Å². The Morgan fingerprint density at radius 1 is 1.04 bits per heavy atom. The zero-order valence-corrected chi connectivity index (χ0v) is 16.3. The number of ether oxygens (including phenoxy) is 1. The zero-order chi connectivity index (χ0) is 19.8. The van der Waals surface area contributed by atoms with E-state index in [1.165, 1.54) is 11.3 Å². The Balaban J connectivity index is 1.92. The van der Waals surface area contributed by atoms with E-state index in [1.807, 2.05) is 20.8 Å². The van der Waals surface area contributed by atoms with Crippen molar-refractivity contribution in [2.24, 2.45) is 5.92 Å². The molecule has 0 saturated heterocycles. The maximum Gasteiger partial charge on any atom is 0.269 e. The van der Waals surface area contributed by atoms with Crippen molar-refractivity contribution in [2.45, 2.75) is 26.8 Å². The monoisotopic (exact) mass is 389 g/mol. The summed E-state index contributed by atoms with van der Waals surface area (Å²) in [4.78, 5) is 37.3. The molecule has 1 aromatic heterocycles. The molecule has 0 saturated carbocycles. The minimum absolute atomic E-state index is 0.156. The van der Waals surface area contributed by atoms with E-state index in [-0.39, 0.29) is 11.8 Å². The number of carbonyl (C=O) groups is 3. The minimum Gasteiger partial charge on any atom is -0.494 e. The molecule has 0 aliphatic rings. The van der Waals surface area contributed by atoms with Crippen LogP contribution in [0.3, 0.4) is 0 Å². The molecule has 0 spiro atoms. The van der Waals surface area contributed by atoms with E-state index in [0.717, 1.165) is 0 Å². The van der Waals surface area contributed by atoms with Crippen LogP contribution in [0.5, 0.6) is 5.75 Å². The van der Waals surface area contributed by atoms with Gasteiger partial charge in [0, 0.05) is 5.56 Å². The van der Waals surface area contributed by atoms with Crippen molar-refractivity contribution in [1.82, 2.24) is 16.2 Å². The van der Waals surface area contributed by atoms with Gasteiger partial charge in [-0.1, -0.05) is 19.9 Å². The van der Waals surface area contributed by atoms with Crippen LogP contribution in [0.15, 0.2) is 41.8 Å². The summed E-state index contributed by atoms with van der Waals surface area (Å²) in [6.07, 6.45) is 0. The summed E-state index contributed by atoms with van der Waals surface area (Å²) < 4.78 is 5.32. The Morgan fingerprint density at radius 2 is 1.74 bits per heavy atom. The number of thiophene rings is 1. The first-order chi connectivity index (χ1) is 12.9. The van der Waals surface area contributed by atoms with E-state index >= 15 is 0 Å². The smallest absolute Gasteiger partial charge is 0.269 e. The van der Waals surface area contributed by atoms with Crippen LogP contribution in [-0.2, 0) is 4.79 Å². The molecule has 1 heterocycles. The fourth-order valence-electron chi connectivity index (χ4n) is 2.29. The number of hydrogen-bond acceptors (Lipinski definition) is 5. The summed E-state index contributed by atoms with van der Waals surface area (Å²) >= 11 is 1.29. The molecule has 3 N–H and O–H groups in total. The highest BCUT2D eigenvalue weighted by Gasteiger charge is 2.25. The zero-order valence-electron chi connectivity index (χ0n) is 15.4. The molecule has 0 aliphatic carbocycles. The Hall–Kier alpha value is -2.87. The quantitative estimate of drug-likeness (QED) is 0.634. The molecule has 7 nitrogen and oxygen atoms in total. The van der Waals surface area contributed by atoms with Gasteiger partial charge in [0.2, 0.25) is 0 Å². The van der Waals surface area contributed by atoms with Gasteiger partial charge in [0.05, 0.1) is 11.5 Å². The predicted octanol–water partition coefficient (Wildman–Crippen LogP) is 2.36. The lowest BCUT2D eigenvalue weighted by molar-refractivity contribution is -0.124. The SMILES string of the molecule is CCOc1ccc(C(=O)NNC(=O)[C@@H](NC(=O)c2cccs2)C(C)C)cc1. The summed E-state index contributed by atoms with van der Waals surface area (Å²) in [5.41, 5.74) is 5.11. The highest BCUT2D eigenvalue weighted by Crippen LogP contribution is 2.12. The highest BCUT2D eigenvalue weighted by atomic mass is 32.1. The maximum atomic E-state index is 12.4. The average molecular weight is 389 g/mol. The number of hydrogen-bond donors (Lipinski definition) is 3. The van der Waals surface area contributed by atoms with E-state index in [9.17, 15) is 14.4 Å². The molecule has 0 unspecified atom stereocenters. The van der Waals surface area contributed by atoms with Gasteiger partial charge in [-0.3, -0.25) is 25.2 Å². The van der Waals surface area contributed by atoms with Crippen LogP contribution in [0, 0.1) is 5.92 Å². The molecule has 3 amide bonds. The van der Waals surface area contributed by atoms with E-state index in [2.05, 4.69) is 16.2 Å².